The Bertz CT molecular complexity index is 2030. The molecule has 0 atom stereocenters. The molecule has 0 radical (unpaired) electrons. The van der Waals surface area contributed by atoms with Crippen molar-refractivity contribution in [3.8, 4) is 28.2 Å². The summed E-state index contributed by atoms with van der Waals surface area (Å²) in [4.78, 5) is 9.75. The molecule has 3 aromatic heterocycles. The number of nitrogens with zero attached hydrogens (tertiary/aromatic N) is 3. The fourth-order valence-electron chi connectivity index (χ4n) is 6.03. The number of furan rings is 1. The number of pyridine rings is 1. The summed E-state index contributed by atoms with van der Waals surface area (Å²) in [5.74, 6) is 1.49. The fraction of sp³-hybridized carbons (Fsp3) is 0.189. The van der Waals surface area contributed by atoms with Crippen LogP contribution in [-0.2, 0) is 0 Å². The third-order valence-electron chi connectivity index (χ3n) is 8.07. The Labute approximate surface area is 240 Å². The van der Waals surface area contributed by atoms with Gasteiger partial charge < -0.3 is 4.42 Å². The number of para-hydroxylation sites is 3. The Balaban J connectivity index is 1.59. The smallest absolute Gasteiger partial charge is 0.153 e. The number of rotatable bonds is 5. The lowest BCUT2D eigenvalue weighted by Gasteiger charge is -2.24. The molecule has 0 spiro atoms. The molecule has 202 valence electrons. The lowest BCUT2D eigenvalue weighted by molar-refractivity contribution is 0.667. The van der Waals surface area contributed by atoms with Gasteiger partial charge in [0.15, 0.2) is 5.58 Å². The number of fused-ring (bicyclic) bond motifs is 4. The fourth-order valence-corrected chi connectivity index (χ4v) is 6.03. The second-order valence-electron chi connectivity index (χ2n) is 11.5. The van der Waals surface area contributed by atoms with Crippen LogP contribution in [0.15, 0.2) is 102 Å². The molecule has 0 saturated heterocycles. The van der Waals surface area contributed by atoms with Crippen LogP contribution in [0.25, 0.3) is 61.2 Å². The molecule has 3 heterocycles. The van der Waals surface area contributed by atoms with Gasteiger partial charge in [-0.3, -0.25) is 9.55 Å². The average molecular weight is 536 g/mol. The molecule has 0 aliphatic rings. The van der Waals surface area contributed by atoms with Crippen molar-refractivity contribution >= 4 is 33.0 Å². The van der Waals surface area contributed by atoms with Crippen LogP contribution in [0.4, 0.5) is 0 Å². The first-order chi connectivity index (χ1) is 19.9. The van der Waals surface area contributed by atoms with Crippen molar-refractivity contribution in [1.82, 2.24) is 14.5 Å². The molecule has 4 aromatic carbocycles. The standard InChI is InChI=1S/C37H33N3O/c1-22(2)29-19-26(25-12-7-6-8-13-25)20-30(23(3)4)35(29)40-33-17-10-9-16-32(33)39-37(40)28-15-11-14-27-31-18-24(5)38-21-34(31)41-36(27)28/h6-23H,1-5H3. The molecule has 0 N–H and O–H groups in total. The molecule has 7 rings (SSSR count). The summed E-state index contributed by atoms with van der Waals surface area (Å²) in [6.45, 7) is 11.1. The van der Waals surface area contributed by atoms with E-state index in [0.717, 1.165) is 50.1 Å². The van der Waals surface area contributed by atoms with E-state index in [-0.39, 0.29) is 0 Å². The van der Waals surface area contributed by atoms with Crippen LogP contribution in [0.1, 0.15) is 56.4 Å². The largest absolute Gasteiger partial charge is 0.454 e. The molecule has 0 amide bonds. The molecule has 7 aromatic rings. The molecule has 0 unspecified atom stereocenters. The lowest BCUT2D eigenvalue weighted by atomic mass is 9.88. The molecule has 41 heavy (non-hydrogen) atoms. The quantitative estimate of drug-likeness (QED) is 0.220. The van der Waals surface area contributed by atoms with Gasteiger partial charge in [-0.15, -0.1) is 0 Å². The molecule has 0 saturated carbocycles. The zero-order chi connectivity index (χ0) is 28.2. The van der Waals surface area contributed by atoms with Crippen LogP contribution in [0.2, 0.25) is 0 Å². The summed E-state index contributed by atoms with van der Waals surface area (Å²) in [5, 5.41) is 2.16. The maximum absolute atomic E-state index is 6.50. The minimum atomic E-state index is 0.302. The van der Waals surface area contributed by atoms with Gasteiger partial charge in [-0.1, -0.05) is 82.3 Å². The van der Waals surface area contributed by atoms with Gasteiger partial charge in [0.2, 0.25) is 0 Å². The van der Waals surface area contributed by atoms with E-state index in [0.29, 0.717) is 11.8 Å². The SMILES string of the molecule is Cc1cc2c(cn1)oc1c(-c3nc4ccccc4n3-c3c(C(C)C)cc(-c4ccccc4)cc3C(C)C)cccc12. The molecule has 0 fully saturated rings. The van der Waals surface area contributed by atoms with E-state index in [4.69, 9.17) is 9.40 Å². The molecule has 0 bridgehead atoms. The Kier molecular flexibility index (Phi) is 6.01. The number of hydrogen-bond acceptors (Lipinski definition) is 3. The van der Waals surface area contributed by atoms with E-state index in [1.165, 1.54) is 27.9 Å². The highest BCUT2D eigenvalue weighted by Crippen LogP contribution is 2.42. The molecule has 0 aliphatic carbocycles. The minimum absolute atomic E-state index is 0.302. The highest BCUT2D eigenvalue weighted by atomic mass is 16.3. The van der Waals surface area contributed by atoms with E-state index in [9.17, 15) is 0 Å². The van der Waals surface area contributed by atoms with Gasteiger partial charge in [0, 0.05) is 16.5 Å². The van der Waals surface area contributed by atoms with Crippen molar-refractivity contribution in [3.05, 3.63) is 114 Å². The summed E-state index contributed by atoms with van der Waals surface area (Å²) >= 11 is 0. The van der Waals surface area contributed by atoms with Gasteiger partial charge in [0.25, 0.3) is 0 Å². The molecular weight excluding hydrogens is 502 g/mol. The van der Waals surface area contributed by atoms with Crippen LogP contribution >= 0.6 is 0 Å². The Hall–Kier alpha value is -4.70. The van der Waals surface area contributed by atoms with E-state index in [2.05, 4.69) is 128 Å². The highest BCUT2D eigenvalue weighted by molar-refractivity contribution is 6.09. The molecule has 4 nitrogen and oxygen atoms in total. The topological polar surface area (TPSA) is 43.9 Å². The Morgan fingerprint density at radius 3 is 2.15 bits per heavy atom. The zero-order valence-corrected chi connectivity index (χ0v) is 24.1. The molecular formula is C37H33N3O. The third kappa shape index (κ3) is 4.13. The van der Waals surface area contributed by atoms with Gasteiger partial charge in [0.1, 0.15) is 11.4 Å². The van der Waals surface area contributed by atoms with Gasteiger partial charge in [0.05, 0.1) is 28.5 Å². The van der Waals surface area contributed by atoms with Crippen molar-refractivity contribution in [2.45, 2.75) is 46.5 Å². The van der Waals surface area contributed by atoms with Gasteiger partial charge in [-0.2, -0.15) is 0 Å². The average Bonchev–Trinajstić information content (AvgIpc) is 3.55. The summed E-state index contributed by atoms with van der Waals surface area (Å²) < 4.78 is 8.87. The van der Waals surface area contributed by atoms with Crippen molar-refractivity contribution in [2.24, 2.45) is 0 Å². The summed E-state index contributed by atoms with van der Waals surface area (Å²) in [5.41, 5.74) is 11.9. The number of aryl methyl sites for hydroxylation is 1. The number of imidazole rings is 1. The first-order valence-electron chi connectivity index (χ1n) is 14.4. The van der Waals surface area contributed by atoms with E-state index in [1.807, 2.05) is 13.1 Å². The van der Waals surface area contributed by atoms with Gasteiger partial charge in [-0.05, 0) is 77.4 Å². The van der Waals surface area contributed by atoms with Crippen molar-refractivity contribution in [1.29, 1.82) is 0 Å². The van der Waals surface area contributed by atoms with Crippen LogP contribution < -0.4 is 0 Å². The minimum Gasteiger partial charge on any atom is -0.454 e. The van der Waals surface area contributed by atoms with Crippen LogP contribution in [0, 0.1) is 6.92 Å². The number of hydrogen-bond donors (Lipinski definition) is 0. The summed E-state index contributed by atoms with van der Waals surface area (Å²) in [6.07, 6.45) is 1.83. The van der Waals surface area contributed by atoms with Gasteiger partial charge in [-0.25, -0.2) is 4.98 Å². The second-order valence-corrected chi connectivity index (χ2v) is 11.5. The van der Waals surface area contributed by atoms with Crippen LogP contribution in [0.5, 0.6) is 0 Å². The molecule has 4 heteroatoms. The Morgan fingerprint density at radius 1 is 0.707 bits per heavy atom. The summed E-state index contributed by atoms with van der Waals surface area (Å²) in [7, 11) is 0. The zero-order valence-electron chi connectivity index (χ0n) is 24.1. The maximum Gasteiger partial charge on any atom is 0.153 e. The lowest BCUT2D eigenvalue weighted by Crippen LogP contribution is -2.09. The van der Waals surface area contributed by atoms with Gasteiger partial charge >= 0.3 is 0 Å². The third-order valence-corrected chi connectivity index (χ3v) is 8.07. The predicted octanol–water partition coefficient (Wildman–Crippen LogP) is 10.2. The number of aromatic nitrogens is 3. The van der Waals surface area contributed by atoms with E-state index < -0.39 is 0 Å². The summed E-state index contributed by atoms with van der Waals surface area (Å²) in [6, 6.07) is 32.3. The van der Waals surface area contributed by atoms with Crippen molar-refractivity contribution in [3.63, 3.8) is 0 Å². The predicted molar refractivity (Wildman–Crippen MR) is 170 cm³/mol. The molecule has 0 aliphatic heterocycles. The second kappa shape index (κ2) is 9.74. The normalized spacial score (nSPS) is 12.0. The van der Waals surface area contributed by atoms with E-state index in [1.54, 1.807) is 0 Å². The van der Waals surface area contributed by atoms with Crippen molar-refractivity contribution in [2.75, 3.05) is 0 Å². The maximum atomic E-state index is 6.50. The first-order valence-corrected chi connectivity index (χ1v) is 14.4. The highest BCUT2D eigenvalue weighted by Gasteiger charge is 2.25. The Morgan fingerprint density at radius 2 is 1.41 bits per heavy atom. The first kappa shape index (κ1) is 25.3. The van der Waals surface area contributed by atoms with E-state index >= 15 is 0 Å². The van der Waals surface area contributed by atoms with Crippen molar-refractivity contribution < 1.29 is 4.42 Å². The monoisotopic (exact) mass is 535 g/mol. The number of benzene rings is 4. The van der Waals surface area contributed by atoms with Crippen LogP contribution in [0.3, 0.4) is 0 Å². The van der Waals surface area contributed by atoms with Crippen LogP contribution in [-0.4, -0.2) is 14.5 Å².